The number of imidazole rings is 1. The Morgan fingerprint density at radius 3 is 2.83 bits per heavy atom. The number of nitriles is 1. The number of piperidine rings is 1. The number of rotatable bonds is 7. The molecule has 10 heteroatoms. The fraction of sp³-hybridized carbons (Fsp3) is 0.500. The summed E-state index contributed by atoms with van der Waals surface area (Å²) >= 11 is 1.40. The molecule has 0 spiro atoms. The lowest BCUT2D eigenvalue weighted by Crippen LogP contribution is -2.47. The van der Waals surface area contributed by atoms with E-state index in [1.165, 1.54) is 24.2 Å². The van der Waals surface area contributed by atoms with Crippen molar-refractivity contribution in [3.8, 4) is 6.07 Å². The van der Waals surface area contributed by atoms with Crippen molar-refractivity contribution in [3.05, 3.63) is 29.5 Å². The predicted molar refractivity (Wildman–Crippen MR) is 115 cm³/mol. The minimum absolute atomic E-state index is 0.0236. The van der Waals surface area contributed by atoms with Crippen molar-refractivity contribution in [2.45, 2.75) is 56.8 Å². The highest BCUT2D eigenvalue weighted by molar-refractivity contribution is 7.15. The number of thiazole rings is 1. The molecule has 2 aliphatic heterocycles. The van der Waals surface area contributed by atoms with Gasteiger partial charge < -0.3 is 15.7 Å². The number of anilines is 3. The molecule has 3 aromatic heterocycles. The summed E-state index contributed by atoms with van der Waals surface area (Å²) in [6.45, 7) is 0.860. The van der Waals surface area contributed by atoms with E-state index < -0.39 is 0 Å². The molecule has 3 N–H and O–H groups in total. The zero-order chi connectivity index (χ0) is 20.5. The minimum Gasteiger partial charge on any atom is -0.391 e. The Hall–Kier alpha value is -2.74. The first-order valence-corrected chi connectivity index (χ1v) is 11.1. The molecular formula is C20H24N8OS. The summed E-state index contributed by atoms with van der Waals surface area (Å²) in [4.78, 5) is 16.8. The molecule has 3 aromatic rings. The Balaban J connectivity index is 1.33. The van der Waals surface area contributed by atoms with Crippen LogP contribution in [0.4, 0.5) is 16.9 Å². The molecule has 30 heavy (non-hydrogen) atoms. The Kier molecular flexibility index (Phi) is 5.25. The zero-order valence-corrected chi connectivity index (χ0v) is 17.3. The molecule has 0 saturated carbocycles. The number of nitrogens with one attached hydrogen (secondary N) is 2. The third-order valence-corrected chi connectivity index (χ3v) is 6.93. The van der Waals surface area contributed by atoms with Crippen molar-refractivity contribution < 1.29 is 5.11 Å². The minimum atomic E-state index is -0.0236. The number of aliphatic hydroxyl groups is 1. The summed E-state index contributed by atoms with van der Waals surface area (Å²) in [5.74, 6) is 1.44. The quantitative estimate of drug-likeness (QED) is 0.530. The second kappa shape index (κ2) is 8.18. The molecule has 0 aliphatic carbocycles. The fourth-order valence-electron chi connectivity index (χ4n) is 4.76. The van der Waals surface area contributed by atoms with Gasteiger partial charge in [0.1, 0.15) is 11.5 Å². The summed E-state index contributed by atoms with van der Waals surface area (Å²) in [7, 11) is 0. The number of hydrogen-bond donors (Lipinski definition) is 3. The van der Waals surface area contributed by atoms with Gasteiger partial charge in [0.15, 0.2) is 5.13 Å². The van der Waals surface area contributed by atoms with Gasteiger partial charge in [-0.15, -0.1) is 0 Å². The van der Waals surface area contributed by atoms with E-state index in [9.17, 15) is 5.11 Å². The van der Waals surface area contributed by atoms with Crippen molar-refractivity contribution >= 4 is 33.9 Å². The molecule has 5 heterocycles. The number of aromatic nitrogens is 4. The Labute approximate surface area is 178 Å². The second-order valence-corrected chi connectivity index (χ2v) is 8.99. The number of aliphatic hydroxyl groups excluding tert-OH is 1. The average Bonchev–Trinajstić information content (AvgIpc) is 3.45. The van der Waals surface area contributed by atoms with Crippen LogP contribution in [0, 0.1) is 11.3 Å². The molecule has 0 amide bonds. The van der Waals surface area contributed by atoms with Crippen LogP contribution in [0.3, 0.4) is 0 Å². The maximum Gasteiger partial charge on any atom is 0.216 e. The molecule has 0 radical (unpaired) electrons. The first-order chi connectivity index (χ1) is 14.7. The molecule has 0 aromatic carbocycles. The maximum atomic E-state index is 9.28. The molecule has 2 unspecified atom stereocenters. The van der Waals surface area contributed by atoms with Crippen molar-refractivity contribution in [1.82, 2.24) is 24.3 Å². The van der Waals surface area contributed by atoms with E-state index in [1.54, 1.807) is 12.4 Å². The van der Waals surface area contributed by atoms with Crippen molar-refractivity contribution in [1.29, 1.82) is 5.26 Å². The van der Waals surface area contributed by atoms with Crippen LogP contribution in [0.2, 0.25) is 0 Å². The van der Waals surface area contributed by atoms with Crippen LogP contribution in [0.15, 0.2) is 24.7 Å². The normalized spacial score (nSPS) is 23.5. The monoisotopic (exact) mass is 424 g/mol. The van der Waals surface area contributed by atoms with E-state index >= 15 is 0 Å². The highest BCUT2D eigenvalue weighted by Crippen LogP contribution is 2.37. The topological polar surface area (TPSA) is 114 Å². The van der Waals surface area contributed by atoms with Crippen LogP contribution >= 0.6 is 11.3 Å². The third-order valence-electron chi connectivity index (χ3n) is 6.04. The van der Waals surface area contributed by atoms with Crippen molar-refractivity contribution in [3.63, 3.8) is 0 Å². The molecule has 2 saturated heterocycles. The van der Waals surface area contributed by atoms with Gasteiger partial charge >= 0.3 is 0 Å². The van der Waals surface area contributed by atoms with Gasteiger partial charge in [-0.25, -0.2) is 9.97 Å². The molecule has 2 fully saturated rings. The van der Waals surface area contributed by atoms with E-state index in [-0.39, 0.29) is 6.61 Å². The SMILES string of the molecule is N#CCCN1C2CCC1CC(Nc1cc3nccn3c(Nc3ncc(CO)s3)n1)C2. The zero-order valence-electron chi connectivity index (χ0n) is 16.5. The van der Waals surface area contributed by atoms with Crippen LogP contribution < -0.4 is 10.6 Å². The average molecular weight is 425 g/mol. The molecule has 2 bridgehead atoms. The number of nitrogens with zero attached hydrogens (tertiary/aromatic N) is 6. The van der Waals surface area contributed by atoms with Crippen molar-refractivity contribution in [2.24, 2.45) is 0 Å². The first-order valence-electron chi connectivity index (χ1n) is 10.3. The van der Waals surface area contributed by atoms with E-state index in [0.717, 1.165) is 35.7 Å². The fourth-order valence-corrected chi connectivity index (χ4v) is 5.43. The molecule has 9 nitrogen and oxygen atoms in total. The highest BCUT2D eigenvalue weighted by Gasteiger charge is 2.40. The Bertz CT molecular complexity index is 1060. The van der Waals surface area contributed by atoms with Gasteiger partial charge in [-0.3, -0.25) is 9.30 Å². The number of fused-ring (bicyclic) bond motifs is 3. The van der Waals surface area contributed by atoms with Gasteiger partial charge in [-0.05, 0) is 25.7 Å². The first kappa shape index (κ1) is 19.2. The molecular weight excluding hydrogens is 400 g/mol. The summed E-state index contributed by atoms with van der Waals surface area (Å²) in [5, 5.41) is 25.8. The molecule has 2 atom stereocenters. The Morgan fingerprint density at radius 1 is 1.27 bits per heavy atom. The van der Waals surface area contributed by atoms with Gasteiger partial charge in [-0.1, -0.05) is 11.3 Å². The summed E-state index contributed by atoms with van der Waals surface area (Å²) in [5.41, 5.74) is 0.809. The number of hydrogen-bond acceptors (Lipinski definition) is 9. The maximum absolute atomic E-state index is 9.28. The third kappa shape index (κ3) is 3.71. The van der Waals surface area contributed by atoms with Crippen LogP contribution in [0.5, 0.6) is 0 Å². The largest absolute Gasteiger partial charge is 0.391 e. The van der Waals surface area contributed by atoms with Crippen molar-refractivity contribution in [2.75, 3.05) is 17.2 Å². The smallest absolute Gasteiger partial charge is 0.216 e. The van der Waals surface area contributed by atoms with Crippen LogP contribution in [0.25, 0.3) is 5.65 Å². The van der Waals surface area contributed by atoms with E-state index in [0.29, 0.717) is 35.6 Å². The van der Waals surface area contributed by atoms with Gasteiger partial charge in [0.25, 0.3) is 0 Å². The highest BCUT2D eigenvalue weighted by atomic mass is 32.1. The molecule has 5 rings (SSSR count). The summed E-state index contributed by atoms with van der Waals surface area (Å²) in [6, 6.07) is 5.71. The Morgan fingerprint density at radius 2 is 2.10 bits per heavy atom. The lowest BCUT2D eigenvalue weighted by atomic mass is 9.97. The van der Waals surface area contributed by atoms with E-state index in [4.69, 9.17) is 10.2 Å². The molecule has 2 aliphatic rings. The standard InChI is InChI=1S/C20H24N8OS/c21-4-1-6-27-14-2-3-15(27)9-13(8-14)24-17-10-18-22-5-7-28(18)19(25-17)26-20-23-11-16(12-29)30-20/h5,7,10-11,13-15,24,29H,1-3,6,8-9,12H2,(H,23,25,26). The van der Waals surface area contributed by atoms with Gasteiger partial charge in [0.05, 0.1) is 17.6 Å². The van der Waals surface area contributed by atoms with Gasteiger partial charge in [0, 0.05) is 55.7 Å². The second-order valence-electron chi connectivity index (χ2n) is 7.88. The van der Waals surface area contributed by atoms with E-state index in [1.807, 2.05) is 16.7 Å². The van der Waals surface area contributed by atoms with E-state index in [2.05, 4.69) is 31.6 Å². The summed E-state index contributed by atoms with van der Waals surface area (Å²) < 4.78 is 1.89. The predicted octanol–water partition coefficient (Wildman–Crippen LogP) is 2.74. The van der Waals surface area contributed by atoms with Crippen LogP contribution in [-0.2, 0) is 6.61 Å². The lowest BCUT2D eigenvalue weighted by molar-refractivity contribution is 0.136. The van der Waals surface area contributed by atoms with Crippen LogP contribution in [-0.4, -0.2) is 54.0 Å². The lowest BCUT2D eigenvalue weighted by Gasteiger charge is -2.39. The van der Waals surface area contributed by atoms with Gasteiger partial charge in [-0.2, -0.15) is 10.2 Å². The van der Waals surface area contributed by atoms with Gasteiger partial charge in [0.2, 0.25) is 5.95 Å². The summed E-state index contributed by atoms with van der Waals surface area (Å²) in [6.07, 6.45) is 10.4. The van der Waals surface area contributed by atoms with Crippen LogP contribution in [0.1, 0.15) is 37.0 Å². The molecule has 156 valence electrons.